The normalized spacial score (nSPS) is 26.5. The van der Waals surface area contributed by atoms with E-state index in [1.54, 1.807) is 12.1 Å². The summed E-state index contributed by atoms with van der Waals surface area (Å²) in [5.74, 6) is 0.724. The zero-order chi connectivity index (χ0) is 21.4. The number of carbonyl (C=O) groups excluding carboxylic acids is 1. The van der Waals surface area contributed by atoms with E-state index in [9.17, 15) is 18.3 Å². The van der Waals surface area contributed by atoms with Gasteiger partial charge in [-0.15, -0.1) is 0 Å². The number of hydrogen-bond acceptors (Lipinski definition) is 6. The molecule has 1 saturated heterocycles. The Hall–Kier alpha value is -2.29. The number of Topliss-reactive ketones (excluding diaryl/α,β-unsaturated/α-hetero) is 1. The number of nitrogens with zero attached hydrogens (tertiary/aromatic N) is 2. The quantitative estimate of drug-likeness (QED) is 0.653. The maximum Gasteiger partial charge on any atom is 0.229 e. The number of likely N-dealkylation sites (tertiary alicyclic amines) is 1. The molecular formula is C22H27N3O4S. The van der Waals surface area contributed by atoms with Crippen molar-refractivity contribution in [2.75, 3.05) is 30.6 Å². The maximum atomic E-state index is 12.6. The molecule has 0 unspecified atom stereocenters. The van der Waals surface area contributed by atoms with Gasteiger partial charge in [0.2, 0.25) is 10.0 Å². The van der Waals surface area contributed by atoms with Crippen LogP contribution in [0.2, 0.25) is 0 Å². The van der Waals surface area contributed by atoms with Crippen molar-refractivity contribution < 1.29 is 18.3 Å². The fraction of sp³-hybridized carbons (Fsp3) is 0.455. The summed E-state index contributed by atoms with van der Waals surface area (Å²) in [5.41, 5.74) is 1.16. The standard InChI is InChI=1S/C22H27N3O4S/c1-30(28,29)24-19-7-8-20(23-12-19)21(26)15-25-13-17-10-22(27,11-18(17)14-25)9-16-5-3-2-4-6-16/h2-8,12,17-18,24,27H,9-11,13-15H2,1H3/t17-,18+,22+. The van der Waals surface area contributed by atoms with Gasteiger partial charge in [-0.05, 0) is 42.4 Å². The number of carbonyl (C=O) groups is 1. The van der Waals surface area contributed by atoms with Crippen LogP contribution in [0.1, 0.15) is 28.9 Å². The number of hydrogen-bond donors (Lipinski definition) is 2. The van der Waals surface area contributed by atoms with Gasteiger partial charge in [-0.1, -0.05) is 30.3 Å². The van der Waals surface area contributed by atoms with Crippen LogP contribution < -0.4 is 4.72 Å². The van der Waals surface area contributed by atoms with Crippen LogP contribution in [-0.2, 0) is 16.4 Å². The molecule has 2 aromatic rings. The Kier molecular flexibility index (Phi) is 5.65. The predicted molar refractivity (Wildman–Crippen MR) is 115 cm³/mol. The number of anilines is 1. The third-order valence-corrected chi connectivity index (χ3v) is 6.64. The minimum Gasteiger partial charge on any atom is -0.390 e. The summed E-state index contributed by atoms with van der Waals surface area (Å²) in [6, 6.07) is 13.2. The molecule has 2 aliphatic rings. The summed E-state index contributed by atoms with van der Waals surface area (Å²) in [6.07, 6.45) is 4.63. The topological polar surface area (TPSA) is 99.6 Å². The molecule has 3 atom stereocenters. The molecule has 7 nitrogen and oxygen atoms in total. The number of fused-ring (bicyclic) bond motifs is 1. The molecule has 1 aromatic carbocycles. The molecule has 2 fully saturated rings. The molecule has 8 heteroatoms. The van der Waals surface area contributed by atoms with Gasteiger partial charge < -0.3 is 5.11 Å². The second-order valence-corrected chi connectivity index (χ2v) is 10.5. The van der Waals surface area contributed by atoms with Crippen molar-refractivity contribution in [3.63, 3.8) is 0 Å². The van der Waals surface area contributed by atoms with Crippen molar-refractivity contribution in [1.82, 2.24) is 9.88 Å². The minimum absolute atomic E-state index is 0.0829. The molecule has 0 spiro atoms. The van der Waals surface area contributed by atoms with Gasteiger partial charge in [-0.3, -0.25) is 19.4 Å². The molecule has 0 amide bonds. The first kappa shape index (κ1) is 21.0. The maximum absolute atomic E-state index is 12.6. The minimum atomic E-state index is -3.37. The highest BCUT2D eigenvalue weighted by molar-refractivity contribution is 7.92. The van der Waals surface area contributed by atoms with Crippen molar-refractivity contribution in [3.05, 3.63) is 59.9 Å². The van der Waals surface area contributed by atoms with Crippen LogP contribution in [0.3, 0.4) is 0 Å². The van der Waals surface area contributed by atoms with Crippen molar-refractivity contribution in [2.24, 2.45) is 11.8 Å². The molecule has 2 N–H and O–H groups in total. The van der Waals surface area contributed by atoms with Crippen LogP contribution in [0.5, 0.6) is 0 Å². The number of benzene rings is 1. The van der Waals surface area contributed by atoms with Crippen molar-refractivity contribution in [2.45, 2.75) is 24.9 Å². The molecule has 1 aromatic heterocycles. The monoisotopic (exact) mass is 429 g/mol. The molecule has 1 saturated carbocycles. The van der Waals surface area contributed by atoms with Gasteiger partial charge in [0, 0.05) is 19.5 Å². The second-order valence-electron chi connectivity index (χ2n) is 8.74. The Morgan fingerprint density at radius 2 is 1.83 bits per heavy atom. The lowest BCUT2D eigenvalue weighted by atomic mass is 9.91. The highest BCUT2D eigenvalue weighted by atomic mass is 32.2. The molecular weight excluding hydrogens is 402 g/mol. The van der Waals surface area contributed by atoms with Crippen LogP contribution in [0.15, 0.2) is 48.7 Å². The third kappa shape index (κ3) is 5.06. The third-order valence-electron chi connectivity index (χ3n) is 6.03. The molecule has 1 aliphatic carbocycles. The molecule has 160 valence electrons. The Balaban J connectivity index is 1.30. The SMILES string of the molecule is CS(=O)(=O)Nc1ccc(C(=O)CN2C[C@@H]3C[C@](O)(Cc4ccccc4)C[C@@H]3C2)nc1. The average molecular weight is 430 g/mol. The van der Waals surface area contributed by atoms with Crippen LogP contribution in [0, 0.1) is 11.8 Å². The zero-order valence-electron chi connectivity index (χ0n) is 17.0. The molecule has 0 radical (unpaired) electrons. The Morgan fingerprint density at radius 1 is 1.17 bits per heavy atom. The van der Waals surface area contributed by atoms with Crippen LogP contribution >= 0.6 is 0 Å². The Morgan fingerprint density at radius 3 is 2.40 bits per heavy atom. The van der Waals surface area contributed by atoms with Gasteiger partial charge in [0.25, 0.3) is 0 Å². The van der Waals surface area contributed by atoms with E-state index in [-0.39, 0.29) is 12.3 Å². The number of ketones is 1. The number of rotatable bonds is 7. The average Bonchev–Trinajstić information content (AvgIpc) is 3.15. The summed E-state index contributed by atoms with van der Waals surface area (Å²) >= 11 is 0. The van der Waals surface area contributed by atoms with Crippen molar-refractivity contribution in [1.29, 1.82) is 0 Å². The highest BCUT2D eigenvalue weighted by Gasteiger charge is 2.48. The van der Waals surface area contributed by atoms with E-state index in [1.165, 1.54) is 6.20 Å². The van der Waals surface area contributed by atoms with Gasteiger partial charge >= 0.3 is 0 Å². The van der Waals surface area contributed by atoms with Crippen molar-refractivity contribution in [3.8, 4) is 0 Å². The summed E-state index contributed by atoms with van der Waals surface area (Å²) in [5, 5.41) is 11.1. The van der Waals surface area contributed by atoms with Gasteiger partial charge in [0.05, 0.1) is 30.3 Å². The van der Waals surface area contributed by atoms with Gasteiger partial charge in [0.15, 0.2) is 5.78 Å². The summed E-state index contributed by atoms with van der Waals surface area (Å²) in [6.45, 7) is 1.90. The summed E-state index contributed by atoms with van der Waals surface area (Å²) in [4.78, 5) is 18.8. The lowest BCUT2D eigenvalue weighted by Gasteiger charge is -2.26. The molecule has 1 aliphatic heterocycles. The van der Waals surface area contributed by atoms with E-state index in [4.69, 9.17) is 0 Å². The first-order valence-corrected chi connectivity index (χ1v) is 12.0. The van der Waals surface area contributed by atoms with E-state index in [0.29, 0.717) is 29.6 Å². The number of aliphatic hydroxyl groups is 1. The van der Waals surface area contributed by atoms with E-state index < -0.39 is 15.6 Å². The first-order chi connectivity index (χ1) is 14.2. The second kappa shape index (κ2) is 8.09. The number of sulfonamides is 1. The molecule has 30 heavy (non-hydrogen) atoms. The molecule has 0 bridgehead atoms. The smallest absolute Gasteiger partial charge is 0.229 e. The summed E-state index contributed by atoms with van der Waals surface area (Å²) in [7, 11) is -3.37. The van der Waals surface area contributed by atoms with Gasteiger partial charge in [-0.2, -0.15) is 0 Å². The number of aromatic nitrogens is 1. The fourth-order valence-electron chi connectivity index (χ4n) is 4.92. The largest absolute Gasteiger partial charge is 0.390 e. The Labute approximate surface area is 177 Å². The van der Waals surface area contributed by atoms with Crippen LogP contribution in [-0.4, -0.2) is 60.7 Å². The van der Waals surface area contributed by atoms with E-state index in [2.05, 4.69) is 26.7 Å². The van der Waals surface area contributed by atoms with Crippen molar-refractivity contribution >= 4 is 21.5 Å². The highest BCUT2D eigenvalue weighted by Crippen LogP contribution is 2.45. The predicted octanol–water partition coefficient (Wildman–Crippen LogP) is 1.95. The molecule has 2 heterocycles. The van der Waals surface area contributed by atoms with E-state index >= 15 is 0 Å². The van der Waals surface area contributed by atoms with Gasteiger partial charge in [-0.25, -0.2) is 8.42 Å². The van der Waals surface area contributed by atoms with E-state index in [0.717, 1.165) is 37.8 Å². The fourth-order valence-corrected chi connectivity index (χ4v) is 5.47. The zero-order valence-corrected chi connectivity index (χ0v) is 17.8. The number of nitrogens with one attached hydrogen (secondary N) is 1. The summed E-state index contributed by atoms with van der Waals surface area (Å²) < 4.78 is 24.9. The Bertz CT molecular complexity index is 994. The lowest BCUT2D eigenvalue weighted by molar-refractivity contribution is 0.0355. The molecule has 4 rings (SSSR count). The first-order valence-electron chi connectivity index (χ1n) is 10.1. The van der Waals surface area contributed by atoms with E-state index in [1.807, 2.05) is 18.2 Å². The van der Waals surface area contributed by atoms with Crippen LogP contribution in [0.25, 0.3) is 0 Å². The number of pyridine rings is 1. The van der Waals surface area contributed by atoms with Gasteiger partial charge in [0.1, 0.15) is 5.69 Å². The van der Waals surface area contributed by atoms with Crippen LogP contribution in [0.4, 0.5) is 5.69 Å². The lowest BCUT2D eigenvalue weighted by Crippen LogP contribution is -2.34.